The van der Waals surface area contributed by atoms with Crippen LogP contribution in [0.3, 0.4) is 0 Å². The molecule has 0 radical (unpaired) electrons. The summed E-state index contributed by atoms with van der Waals surface area (Å²) in [6, 6.07) is 6.13. The van der Waals surface area contributed by atoms with Gasteiger partial charge in [-0.15, -0.1) is 11.8 Å². The maximum atomic E-state index is 5.55. The molecule has 0 bridgehead atoms. The van der Waals surface area contributed by atoms with Crippen LogP contribution in [0, 0.1) is 0 Å². The minimum absolute atomic E-state index is 0.360. The van der Waals surface area contributed by atoms with Gasteiger partial charge in [0.15, 0.2) is 0 Å². The SMILES string of the molecule is COc1ccc(Br)cc1SCCN1CCO[C@@H](C)C1. The topological polar surface area (TPSA) is 21.7 Å². The Morgan fingerprint density at radius 3 is 3.11 bits per heavy atom. The second-order valence-corrected chi connectivity index (χ2v) is 6.68. The van der Waals surface area contributed by atoms with E-state index in [1.54, 1.807) is 7.11 Å². The van der Waals surface area contributed by atoms with E-state index in [9.17, 15) is 0 Å². The Balaban J connectivity index is 1.83. The predicted molar refractivity (Wildman–Crippen MR) is 83.3 cm³/mol. The van der Waals surface area contributed by atoms with Gasteiger partial charge < -0.3 is 9.47 Å². The molecule has 1 atom stereocenters. The molecule has 0 aliphatic carbocycles. The molecule has 1 aliphatic heterocycles. The minimum Gasteiger partial charge on any atom is -0.496 e. The molecule has 3 nitrogen and oxygen atoms in total. The molecular formula is C14H20BrNO2S. The number of halogens is 1. The van der Waals surface area contributed by atoms with Crippen molar-refractivity contribution in [1.29, 1.82) is 0 Å². The monoisotopic (exact) mass is 345 g/mol. The van der Waals surface area contributed by atoms with Gasteiger partial charge in [-0.25, -0.2) is 0 Å². The van der Waals surface area contributed by atoms with Crippen LogP contribution in [0.1, 0.15) is 6.92 Å². The average Bonchev–Trinajstić information content (AvgIpc) is 2.39. The van der Waals surface area contributed by atoms with E-state index in [0.717, 1.165) is 42.2 Å². The number of hydrogen-bond acceptors (Lipinski definition) is 4. The van der Waals surface area contributed by atoms with Crippen molar-refractivity contribution < 1.29 is 9.47 Å². The van der Waals surface area contributed by atoms with Crippen LogP contribution in [0.15, 0.2) is 27.6 Å². The summed E-state index contributed by atoms with van der Waals surface area (Å²) in [6.45, 7) is 6.16. The van der Waals surface area contributed by atoms with Crippen molar-refractivity contribution in [2.75, 3.05) is 39.1 Å². The first-order valence-corrected chi connectivity index (χ1v) is 8.27. The normalized spacial score (nSPS) is 20.5. The maximum absolute atomic E-state index is 5.55. The molecular weight excluding hydrogens is 326 g/mol. The van der Waals surface area contributed by atoms with Crippen molar-refractivity contribution in [2.45, 2.75) is 17.9 Å². The lowest BCUT2D eigenvalue weighted by Gasteiger charge is -2.30. The van der Waals surface area contributed by atoms with Crippen LogP contribution < -0.4 is 4.74 Å². The number of hydrogen-bond donors (Lipinski definition) is 0. The minimum atomic E-state index is 0.360. The van der Waals surface area contributed by atoms with Gasteiger partial charge in [-0.1, -0.05) is 15.9 Å². The molecule has 1 aromatic carbocycles. The van der Waals surface area contributed by atoms with Gasteiger partial charge in [0.25, 0.3) is 0 Å². The molecule has 0 unspecified atom stereocenters. The molecule has 19 heavy (non-hydrogen) atoms. The lowest BCUT2D eigenvalue weighted by Crippen LogP contribution is -2.42. The van der Waals surface area contributed by atoms with E-state index >= 15 is 0 Å². The smallest absolute Gasteiger partial charge is 0.132 e. The molecule has 2 rings (SSSR count). The molecule has 1 aliphatic rings. The third kappa shape index (κ3) is 4.67. The Bertz CT molecular complexity index is 416. The highest BCUT2D eigenvalue weighted by molar-refractivity contribution is 9.10. The van der Waals surface area contributed by atoms with Gasteiger partial charge in [0.1, 0.15) is 5.75 Å². The van der Waals surface area contributed by atoms with Gasteiger partial charge in [0.05, 0.1) is 24.7 Å². The van der Waals surface area contributed by atoms with Crippen LogP contribution in [-0.4, -0.2) is 50.1 Å². The van der Waals surface area contributed by atoms with E-state index in [4.69, 9.17) is 9.47 Å². The lowest BCUT2D eigenvalue weighted by atomic mass is 10.3. The summed E-state index contributed by atoms with van der Waals surface area (Å²) in [7, 11) is 1.72. The second kappa shape index (κ2) is 7.53. The molecule has 0 N–H and O–H groups in total. The quantitative estimate of drug-likeness (QED) is 0.763. The first-order chi connectivity index (χ1) is 9.19. The first-order valence-electron chi connectivity index (χ1n) is 6.49. The predicted octanol–water partition coefficient (Wildman–Crippen LogP) is 3.27. The number of rotatable bonds is 5. The van der Waals surface area contributed by atoms with Crippen LogP contribution in [0.2, 0.25) is 0 Å². The van der Waals surface area contributed by atoms with Crippen LogP contribution in [-0.2, 0) is 4.74 Å². The van der Waals surface area contributed by atoms with Crippen LogP contribution in [0.4, 0.5) is 0 Å². The number of ether oxygens (including phenoxy) is 2. The highest BCUT2D eigenvalue weighted by atomic mass is 79.9. The number of thioether (sulfide) groups is 1. The summed E-state index contributed by atoms with van der Waals surface area (Å²) in [4.78, 5) is 3.66. The molecule has 106 valence electrons. The Morgan fingerprint density at radius 1 is 1.53 bits per heavy atom. The highest BCUT2D eigenvalue weighted by Crippen LogP contribution is 2.31. The summed E-state index contributed by atoms with van der Waals surface area (Å²) < 4.78 is 12.0. The van der Waals surface area contributed by atoms with Crippen LogP contribution in [0.5, 0.6) is 5.75 Å². The molecule has 0 saturated carbocycles. The summed E-state index contributed by atoms with van der Waals surface area (Å²) in [5.41, 5.74) is 0. The van der Waals surface area contributed by atoms with E-state index in [1.165, 1.54) is 4.90 Å². The Hall–Kier alpha value is -0.230. The van der Waals surface area contributed by atoms with E-state index in [-0.39, 0.29) is 0 Å². The number of nitrogens with zero attached hydrogens (tertiary/aromatic N) is 1. The van der Waals surface area contributed by atoms with Crippen LogP contribution >= 0.6 is 27.7 Å². The standard InChI is InChI=1S/C14H20BrNO2S/c1-11-10-16(5-7-18-11)6-8-19-14-9-12(15)3-4-13(14)17-2/h3-4,9,11H,5-8,10H2,1-2H3/t11-/m0/s1. The van der Waals surface area contributed by atoms with Crippen molar-refractivity contribution in [1.82, 2.24) is 4.90 Å². The van der Waals surface area contributed by atoms with Crippen molar-refractivity contribution in [3.63, 3.8) is 0 Å². The third-order valence-electron chi connectivity index (χ3n) is 3.12. The molecule has 0 spiro atoms. The van der Waals surface area contributed by atoms with Crippen molar-refractivity contribution in [3.8, 4) is 5.75 Å². The van der Waals surface area contributed by atoms with Gasteiger partial charge in [0.2, 0.25) is 0 Å². The van der Waals surface area contributed by atoms with E-state index < -0.39 is 0 Å². The molecule has 0 aromatic heterocycles. The van der Waals surface area contributed by atoms with Crippen LogP contribution in [0.25, 0.3) is 0 Å². The molecule has 0 amide bonds. The fourth-order valence-corrected chi connectivity index (χ4v) is 3.73. The van der Waals surface area contributed by atoms with Crippen molar-refractivity contribution in [2.24, 2.45) is 0 Å². The van der Waals surface area contributed by atoms with Crippen molar-refractivity contribution in [3.05, 3.63) is 22.7 Å². The lowest BCUT2D eigenvalue weighted by molar-refractivity contribution is -0.0158. The van der Waals surface area contributed by atoms with Crippen molar-refractivity contribution >= 4 is 27.7 Å². The number of methoxy groups -OCH3 is 1. The maximum Gasteiger partial charge on any atom is 0.132 e. The zero-order chi connectivity index (χ0) is 13.7. The Morgan fingerprint density at radius 2 is 2.37 bits per heavy atom. The molecule has 1 fully saturated rings. The molecule has 1 heterocycles. The van der Waals surface area contributed by atoms with Gasteiger partial charge >= 0.3 is 0 Å². The fraction of sp³-hybridized carbons (Fsp3) is 0.571. The molecule has 1 aromatic rings. The van der Waals surface area contributed by atoms with Gasteiger partial charge in [-0.3, -0.25) is 4.90 Å². The highest BCUT2D eigenvalue weighted by Gasteiger charge is 2.16. The number of morpholine rings is 1. The van der Waals surface area contributed by atoms with E-state index in [1.807, 2.05) is 23.9 Å². The van der Waals surface area contributed by atoms with E-state index in [2.05, 4.69) is 33.8 Å². The average molecular weight is 346 g/mol. The van der Waals surface area contributed by atoms with E-state index in [0.29, 0.717) is 6.10 Å². The first kappa shape index (κ1) is 15.2. The summed E-state index contributed by atoms with van der Waals surface area (Å²) in [5, 5.41) is 0. The summed E-state index contributed by atoms with van der Waals surface area (Å²) in [6.07, 6.45) is 0.360. The second-order valence-electron chi connectivity index (χ2n) is 4.63. The zero-order valence-electron chi connectivity index (χ0n) is 11.4. The Kier molecular flexibility index (Phi) is 6.01. The Labute approximate surface area is 127 Å². The molecule has 1 saturated heterocycles. The zero-order valence-corrected chi connectivity index (χ0v) is 13.8. The summed E-state index contributed by atoms with van der Waals surface area (Å²) in [5.74, 6) is 2.02. The van der Waals surface area contributed by atoms with Gasteiger partial charge in [-0.05, 0) is 25.1 Å². The fourth-order valence-electron chi connectivity index (χ4n) is 2.14. The molecule has 5 heteroatoms. The summed E-state index contributed by atoms with van der Waals surface area (Å²) >= 11 is 5.35. The number of benzene rings is 1. The third-order valence-corrected chi connectivity index (χ3v) is 4.63. The van der Waals surface area contributed by atoms with Gasteiger partial charge in [-0.2, -0.15) is 0 Å². The van der Waals surface area contributed by atoms with Gasteiger partial charge in [0, 0.05) is 29.9 Å². The largest absolute Gasteiger partial charge is 0.496 e.